The van der Waals surface area contributed by atoms with Gasteiger partial charge in [0.25, 0.3) is 0 Å². The Labute approximate surface area is 106 Å². The van der Waals surface area contributed by atoms with E-state index in [0.29, 0.717) is 31.3 Å². The number of hydrogen-bond donors (Lipinski definition) is 2. The highest BCUT2D eigenvalue weighted by Crippen LogP contribution is 2.08. The van der Waals surface area contributed by atoms with Crippen LogP contribution in [-0.4, -0.2) is 32.7 Å². The van der Waals surface area contributed by atoms with E-state index < -0.39 is 0 Å². The molecule has 1 aromatic carbocycles. The maximum Gasteiger partial charge on any atom is 0.234 e. The van der Waals surface area contributed by atoms with Gasteiger partial charge in [0.05, 0.1) is 13.2 Å². The van der Waals surface area contributed by atoms with E-state index in [1.807, 2.05) is 24.3 Å². The lowest BCUT2D eigenvalue weighted by atomic mass is 10.2. The van der Waals surface area contributed by atoms with Crippen LogP contribution in [0, 0.1) is 0 Å². The summed E-state index contributed by atoms with van der Waals surface area (Å²) in [7, 11) is 1.60. The number of nitrogens with one attached hydrogen (secondary N) is 2. The van der Waals surface area contributed by atoms with E-state index in [4.69, 9.17) is 16.3 Å². The van der Waals surface area contributed by atoms with Crippen molar-refractivity contribution in [2.24, 2.45) is 0 Å². The van der Waals surface area contributed by atoms with E-state index in [0.717, 1.165) is 5.56 Å². The van der Waals surface area contributed by atoms with Gasteiger partial charge in [0, 0.05) is 25.2 Å². The van der Waals surface area contributed by atoms with E-state index in [1.54, 1.807) is 7.11 Å². The molecule has 5 heteroatoms. The summed E-state index contributed by atoms with van der Waals surface area (Å²) < 4.78 is 4.83. The van der Waals surface area contributed by atoms with E-state index in [-0.39, 0.29) is 5.91 Å². The molecule has 0 fully saturated rings. The van der Waals surface area contributed by atoms with Gasteiger partial charge in [-0.25, -0.2) is 0 Å². The van der Waals surface area contributed by atoms with Crippen LogP contribution < -0.4 is 10.6 Å². The highest BCUT2D eigenvalue weighted by atomic mass is 35.5. The highest BCUT2D eigenvalue weighted by Gasteiger charge is 1.99. The molecule has 0 aliphatic rings. The van der Waals surface area contributed by atoms with Gasteiger partial charge in [0.1, 0.15) is 0 Å². The highest BCUT2D eigenvalue weighted by molar-refractivity contribution is 6.30. The second kappa shape index (κ2) is 8.06. The van der Waals surface area contributed by atoms with Gasteiger partial charge in [-0.2, -0.15) is 0 Å². The average Bonchev–Trinajstić information content (AvgIpc) is 2.32. The first-order chi connectivity index (χ1) is 8.22. The van der Waals surface area contributed by atoms with Gasteiger partial charge >= 0.3 is 0 Å². The maximum absolute atomic E-state index is 11.3. The fourth-order valence-corrected chi connectivity index (χ4v) is 1.40. The molecule has 0 atom stereocenters. The molecule has 0 saturated carbocycles. The van der Waals surface area contributed by atoms with Crippen LogP contribution in [0.2, 0.25) is 5.02 Å². The van der Waals surface area contributed by atoms with Crippen molar-refractivity contribution in [3.63, 3.8) is 0 Å². The molecule has 0 aromatic heterocycles. The molecule has 0 aliphatic carbocycles. The summed E-state index contributed by atoms with van der Waals surface area (Å²) in [5, 5.41) is 6.50. The third-order valence-electron chi connectivity index (χ3n) is 2.16. The number of carbonyl (C=O) groups is 1. The third-order valence-corrected chi connectivity index (χ3v) is 2.41. The largest absolute Gasteiger partial charge is 0.383 e. The summed E-state index contributed by atoms with van der Waals surface area (Å²) in [5.74, 6) is -0.0315. The number of rotatable bonds is 7. The third kappa shape index (κ3) is 6.26. The molecule has 1 amide bonds. The Balaban J connectivity index is 2.14. The zero-order chi connectivity index (χ0) is 12.5. The van der Waals surface area contributed by atoms with E-state index >= 15 is 0 Å². The molecule has 1 aromatic rings. The molecular weight excluding hydrogens is 240 g/mol. The number of benzene rings is 1. The minimum Gasteiger partial charge on any atom is -0.383 e. The van der Waals surface area contributed by atoms with Crippen LogP contribution in [0.1, 0.15) is 5.56 Å². The number of methoxy groups -OCH3 is 1. The molecule has 1 rings (SSSR count). The molecule has 94 valence electrons. The standard InChI is InChI=1S/C12H17ClN2O2/c1-17-7-6-15-12(16)9-14-8-10-2-4-11(13)5-3-10/h2-5,14H,6-9H2,1H3,(H,15,16). The summed E-state index contributed by atoms with van der Waals surface area (Å²) in [6.45, 7) is 2.02. The fourth-order valence-electron chi connectivity index (χ4n) is 1.28. The Morgan fingerprint density at radius 1 is 1.35 bits per heavy atom. The molecule has 0 radical (unpaired) electrons. The topological polar surface area (TPSA) is 50.4 Å². The Morgan fingerprint density at radius 2 is 2.06 bits per heavy atom. The normalized spacial score (nSPS) is 10.2. The number of carbonyl (C=O) groups excluding carboxylic acids is 1. The minimum atomic E-state index is -0.0315. The van der Waals surface area contributed by atoms with Crippen LogP contribution in [-0.2, 0) is 16.1 Å². The maximum atomic E-state index is 11.3. The summed E-state index contributed by atoms with van der Waals surface area (Å²) in [4.78, 5) is 11.3. The van der Waals surface area contributed by atoms with E-state index in [9.17, 15) is 4.79 Å². The minimum absolute atomic E-state index is 0.0315. The quantitative estimate of drug-likeness (QED) is 0.721. The van der Waals surface area contributed by atoms with Crippen LogP contribution in [0.25, 0.3) is 0 Å². The van der Waals surface area contributed by atoms with Crippen LogP contribution in [0.5, 0.6) is 0 Å². The van der Waals surface area contributed by atoms with Crippen molar-refractivity contribution in [3.8, 4) is 0 Å². The van der Waals surface area contributed by atoms with Gasteiger partial charge in [-0.1, -0.05) is 23.7 Å². The Hall–Kier alpha value is -1.10. The smallest absolute Gasteiger partial charge is 0.234 e. The van der Waals surface area contributed by atoms with Crippen LogP contribution in [0.3, 0.4) is 0 Å². The molecule has 0 aliphatic heterocycles. The zero-order valence-corrected chi connectivity index (χ0v) is 10.6. The molecule has 4 nitrogen and oxygen atoms in total. The number of ether oxygens (including phenoxy) is 1. The van der Waals surface area contributed by atoms with Crippen molar-refractivity contribution in [2.45, 2.75) is 6.54 Å². The van der Waals surface area contributed by atoms with Crippen molar-refractivity contribution in [3.05, 3.63) is 34.9 Å². The van der Waals surface area contributed by atoms with Crippen molar-refractivity contribution in [2.75, 3.05) is 26.8 Å². The predicted octanol–water partition coefficient (Wildman–Crippen LogP) is 1.19. The van der Waals surface area contributed by atoms with Crippen molar-refractivity contribution in [1.29, 1.82) is 0 Å². The second-order valence-electron chi connectivity index (χ2n) is 3.57. The molecule has 0 spiro atoms. The van der Waals surface area contributed by atoms with Gasteiger partial charge in [-0.05, 0) is 17.7 Å². The Kier molecular flexibility index (Phi) is 6.62. The molecular formula is C12H17ClN2O2. The predicted molar refractivity (Wildman–Crippen MR) is 68.0 cm³/mol. The first-order valence-corrected chi connectivity index (χ1v) is 5.81. The lowest BCUT2D eigenvalue weighted by Crippen LogP contribution is -2.35. The summed E-state index contributed by atoms with van der Waals surface area (Å²) in [6.07, 6.45) is 0. The van der Waals surface area contributed by atoms with Gasteiger partial charge in [-0.3, -0.25) is 4.79 Å². The van der Waals surface area contributed by atoms with Crippen molar-refractivity contribution in [1.82, 2.24) is 10.6 Å². The lowest BCUT2D eigenvalue weighted by Gasteiger charge is -2.06. The van der Waals surface area contributed by atoms with Crippen molar-refractivity contribution < 1.29 is 9.53 Å². The first-order valence-electron chi connectivity index (χ1n) is 5.43. The molecule has 0 saturated heterocycles. The monoisotopic (exact) mass is 256 g/mol. The molecule has 0 bridgehead atoms. The number of amides is 1. The van der Waals surface area contributed by atoms with Crippen molar-refractivity contribution >= 4 is 17.5 Å². The molecule has 17 heavy (non-hydrogen) atoms. The van der Waals surface area contributed by atoms with Gasteiger partial charge in [0.2, 0.25) is 5.91 Å². The lowest BCUT2D eigenvalue weighted by molar-refractivity contribution is -0.120. The van der Waals surface area contributed by atoms with Gasteiger partial charge < -0.3 is 15.4 Å². The summed E-state index contributed by atoms with van der Waals surface area (Å²) in [5.41, 5.74) is 1.10. The van der Waals surface area contributed by atoms with E-state index in [2.05, 4.69) is 10.6 Å². The van der Waals surface area contributed by atoms with E-state index in [1.165, 1.54) is 0 Å². The Morgan fingerprint density at radius 3 is 2.71 bits per heavy atom. The number of hydrogen-bond acceptors (Lipinski definition) is 3. The molecule has 0 heterocycles. The second-order valence-corrected chi connectivity index (χ2v) is 4.01. The van der Waals surface area contributed by atoms with Gasteiger partial charge in [0.15, 0.2) is 0 Å². The molecule has 2 N–H and O–H groups in total. The van der Waals surface area contributed by atoms with Crippen LogP contribution >= 0.6 is 11.6 Å². The molecule has 0 unspecified atom stereocenters. The Bertz CT molecular complexity index is 341. The van der Waals surface area contributed by atoms with Gasteiger partial charge in [-0.15, -0.1) is 0 Å². The zero-order valence-electron chi connectivity index (χ0n) is 9.83. The van der Waals surface area contributed by atoms with Crippen LogP contribution in [0.4, 0.5) is 0 Å². The summed E-state index contributed by atoms with van der Waals surface area (Å²) in [6, 6.07) is 7.52. The fraction of sp³-hybridized carbons (Fsp3) is 0.417. The van der Waals surface area contributed by atoms with Crippen LogP contribution in [0.15, 0.2) is 24.3 Å². The average molecular weight is 257 g/mol. The summed E-state index contributed by atoms with van der Waals surface area (Å²) >= 11 is 5.77. The SMILES string of the molecule is COCCNC(=O)CNCc1ccc(Cl)cc1. The number of halogens is 1. The first kappa shape index (κ1) is 14.0.